The highest BCUT2D eigenvalue weighted by Gasteiger charge is 2.66. The minimum absolute atomic E-state index is 0.139. The molecule has 2 aromatic rings. The Morgan fingerprint density at radius 1 is 1.26 bits per heavy atom. The quantitative estimate of drug-likeness (QED) is 0.686. The Morgan fingerprint density at radius 3 is 2.45 bits per heavy atom. The largest absolute Gasteiger partial charge is 0.438 e. The summed E-state index contributed by atoms with van der Waals surface area (Å²) >= 11 is 0. The molecule has 0 aliphatic heterocycles. The Balaban J connectivity index is 1.93. The van der Waals surface area contributed by atoms with Crippen LogP contribution in [0, 0.1) is 0 Å². The second kappa shape index (κ2) is 8.29. The molecule has 7 nitrogen and oxygen atoms in total. The zero-order valence-electron chi connectivity index (χ0n) is 16.7. The van der Waals surface area contributed by atoms with Crippen LogP contribution in [-0.2, 0) is 15.3 Å². The Bertz CT molecular complexity index is 1100. The van der Waals surface area contributed by atoms with Gasteiger partial charge < -0.3 is 10.1 Å². The second-order valence-corrected chi connectivity index (χ2v) is 9.26. The fraction of sp³-hybridized carbons (Fsp3) is 0.350. The number of para-hydroxylation sites is 1. The molecule has 3 rings (SSSR count). The molecule has 0 spiro atoms. The predicted molar refractivity (Wildman–Crippen MR) is 106 cm³/mol. The van der Waals surface area contributed by atoms with Gasteiger partial charge in [0.2, 0.25) is 5.88 Å². The first-order chi connectivity index (χ1) is 14.4. The highest BCUT2D eigenvalue weighted by Crippen LogP contribution is 2.58. The van der Waals surface area contributed by atoms with Crippen molar-refractivity contribution in [2.75, 3.05) is 6.26 Å². The van der Waals surface area contributed by atoms with Crippen LogP contribution in [0.4, 0.5) is 13.2 Å². The summed E-state index contributed by atoms with van der Waals surface area (Å²) in [6.45, 7) is 1.54. The molecule has 1 fully saturated rings. The number of nitrogens with one attached hydrogen (secondary N) is 1. The van der Waals surface area contributed by atoms with E-state index in [1.165, 1.54) is 13.0 Å². The van der Waals surface area contributed by atoms with Crippen molar-refractivity contribution in [3.8, 4) is 11.6 Å². The van der Waals surface area contributed by atoms with Crippen molar-refractivity contribution >= 4 is 15.7 Å². The van der Waals surface area contributed by atoms with E-state index < -0.39 is 39.2 Å². The van der Waals surface area contributed by atoms with E-state index in [0.717, 1.165) is 17.9 Å². The number of nitrogens with zero attached hydrogens (tertiary/aromatic N) is 2. The summed E-state index contributed by atoms with van der Waals surface area (Å²) in [7, 11) is -3.39. The molecule has 1 heterocycles. The smallest absolute Gasteiger partial charge is 0.401 e. The van der Waals surface area contributed by atoms with E-state index in [1.807, 2.05) is 0 Å². The molecule has 0 saturated heterocycles. The van der Waals surface area contributed by atoms with Gasteiger partial charge in [0, 0.05) is 23.9 Å². The minimum Gasteiger partial charge on any atom is -0.438 e. The topological polar surface area (TPSA) is 98.2 Å². The van der Waals surface area contributed by atoms with E-state index in [2.05, 4.69) is 15.3 Å². The van der Waals surface area contributed by atoms with Crippen LogP contribution in [0.15, 0.2) is 48.0 Å². The molecule has 1 atom stereocenters. The van der Waals surface area contributed by atoms with Crippen LogP contribution in [0.25, 0.3) is 0 Å². The molecular formula is C20H20F3N3O4S. The molecule has 1 aliphatic rings. The first kappa shape index (κ1) is 22.7. The maximum atomic E-state index is 13.5. The summed E-state index contributed by atoms with van der Waals surface area (Å²) in [5, 5.41) is 3.47. The number of amides is 1. The van der Waals surface area contributed by atoms with Gasteiger partial charge in [-0.1, -0.05) is 24.3 Å². The van der Waals surface area contributed by atoms with Crippen LogP contribution in [-0.4, -0.2) is 42.8 Å². The molecule has 1 aromatic heterocycles. The van der Waals surface area contributed by atoms with Crippen molar-refractivity contribution < 1.29 is 31.1 Å². The third-order valence-electron chi connectivity index (χ3n) is 4.65. The number of sulfone groups is 1. The molecule has 1 amide bonds. The van der Waals surface area contributed by atoms with E-state index >= 15 is 0 Å². The molecule has 166 valence electrons. The SMILES string of the molecule is C[C@@H](/C=C/S(C)(=O)=O)NC(=O)c1cnc(C2(C(F)(F)F)CC2)nc1Oc1ccccc1. The summed E-state index contributed by atoms with van der Waals surface area (Å²) in [4.78, 5) is 20.5. The molecule has 1 N–H and O–H groups in total. The average Bonchev–Trinajstić information content (AvgIpc) is 3.49. The average molecular weight is 455 g/mol. The maximum absolute atomic E-state index is 13.5. The Hall–Kier alpha value is -2.95. The molecule has 1 aliphatic carbocycles. The first-order valence-corrected chi connectivity index (χ1v) is 11.2. The lowest BCUT2D eigenvalue weighted by Crippen LogP contribution is -2.33. The van der Waals surface area contributed by atoms with E-state index in [-0.39, 0.29) is 30.0 Å². The highest BCUT2D eigenvalue weighted by molar-refractivity contribution is 7.93. The monoisotopic (exact) mass is 455 g/mol. The van der Waals surface area contributed by atoms with E-state index in [1.54, 1.807) is 30.3 Å². The number of halogens is 3. The summed E-state index contributed by atoms with van der Waals surface area (Å²) in [5.41, 5.74) is -2.31. The minimum atomic E-state index is -4.52. The number of carbonyl (C=O) groups is 1. The number of alkyl halides is 3. The van der Waals surface area contributed by atoms with E-state index in [9.17, 15) is 26.4 Å². The van der Waals surface area contributed by atoms with Gasteiger partial charge in [0.1, 0.15) is 22.6 Å². The number of rotatable bonds is 7. The summed E-state index contributed by atoms with van der Waals surface area (Å²) in [5.74, 6) is -1.21. The lowest BCUT2D eigenvalue weighted by molar-refractivity contribution is -0.162. The third kappa shape index (κ3) is 5.40. The van der Waals surface area contributed by atoms with Gasteiger partial charge in [-0.25, -0.2) is 13.4 Å². The lowest BCUT2D eigenvalue weighted by atomic mass is 10.1. The van der Waals surface area contributed by atoms with Gasteiger partial charge in [0.15, 0.2) is 9.84 Å². The normalized spacial score (nSPS) is 16.7. The van der Waals surface area contributed by atoms with Crippen molar-refractivity contribution in [3.05, 3.63) is 59.4 Å². The van der Waals surface area contributed by atoms with Crippen molar-refractivity contribution in [1.29, 1.82) is 0 Å². The number of carbonyl (C=O) groups excluding carboxylic acids is 1. The molecule has 1 aromatic carbocycles. The van der Waals surface area contributed by atoms with Crippen LogP contribution in [0.5, 0.6) is 11.6 Å². The van der Waals surface area contributed by atoms with Crippen LogP contribution in [0.2, 0.25) is 0 Å². The zero-order chi connectivity index (χ0) is 22.9. The molecule has 0 bridgehead atoms. The van der Waals surface area contributed by atoms with Crippen molar-refractivity contribution in [2.45, 2.75) is 37.4 Å². The molecule has 1 saturated carbocycles. The van der Waals surface area contributed by atoms with Crippen LogP contribution >= 0.6 is 0 Å². The van der Waals surface area contributed by atoms with Gasteiger partial charge in [-0.15, -0.1) is 0 Å². The summed E-state index contributed by atoms with van der Waals surface area (Å²) in [6.07, 6.45) is -1.53. The lowest BCUT2D eigenvalue weighted by Gasteiger charge is -2.19. The second-order valence-electron chi connectivity index (χ2n) is 7.33. The fourth-order valence-electron chi connectivity index (χ4n) is 2.78. The maximum Gasteiger partial charge on any atom is 0.401 e. The van der Waals surface area contributed by atoms with E-state index in [0.29, 0.717) is 0 Å². The number of hydrogen-bond donors (Lipinski definition) is 1. The van der Waals surface area contributed by atoms with Crippen molar-refractivity contribution in [2.24, 2.45) is 0 Å². The van der Waals surface area contributed by atoms with Gasteiger partial charge in [0.05, 0.1) is 0 Å². The van der Waals surface area contributed by atoms with Crippen LogP contribution in [0.1, 0.15) is 35.9 Å². The first-order valence-electron chi connectivity index (χ1n) is 9.27. The number of aromatic nitrogens is 2. The number of benzene rings is 1. The number of ether oxygens (including phenoxy) is 1. The van der Waals surface area contributed by atoms with Gasteiger partial charge in [-0.3, -0.25) is 4.79 Å². The Morgan fingerprint density at radius 2 is 1.90 bits per heavy atom. The molecule has 0 radical (unpaired) electrons. The standard InChI is InChI=1S/C20H20F3N3O4S/c1-13(8-11-31(2,28)29)25-16(27)15-12-24-18(19(9-10-19)20(21,22)23)26-17(15)30-14-6-4-3-5-7-14/h3-8,11-13H,9-10H2,1-2H3,(H,25,27)/b11-8+/t13-/m0/s1. The highest BCUT2D eigenvalue weighted by atomic mass is 32.2. The van der Waals surface area contributed by atoms with Crippen LogP contribution < -0.4 is 10.1 Å². The van der Waals surface area contributed by atoms with Gasteiger partial charge >= 0.3 is 6.18 Å². The summed E-state index contributed by atoms with van der Waals surface area (Å²) < 4.78 is 68.6. The summed E-state index contributed by atoms with van der Waals surface area (Å²) in [6, 6.07) is 7.50. The van der Waals surface area contributed by atoms with Gasteiger partial charge in [0.25, 0.3) is 5.91 Å². The molecule has 11 heteroatoms. The number of hydrogen-bond acceptors (Lipinski definition) is 6. The Kier molecular flexibility index (Phi) is 6.08. The third-order valence-corrected chi connectivity index (χ3v) is 5.30. The predicted octanol–water partition coefficient (Wildman–Crippen LogP) is 3.54. The Labute approximate surface area is 177 Å². The van der Waals surface area contributed by atoms with Gasteiger partial charge in [-0.2, -0.15) is 18.2 Å². The zero-order valence-corrected chi connectivity index (χ0v) is 17.5. The van der Waals surface area contributed by atoms with Crippen molar-refractivity contribution in [1.82, 2.24) is 15.3 Å². The fourth-order valence-corrected chi connectivity index (χ4v) is 3.30. The molecule has 31 heavy (non-hydrogen) atoms. The van der Waals surface area contributed by atoms with Crippen molar-refractivity contribution in [3.63, 3.8) is 0 Å². The molecule has 0 unspecified atom stereocenters. The van der Waals surface area contributed by atoms with E-state index in [4.69, 9.17) is 4.74 Å². The van der Waals surface area contributed by atoms with Gasteiger partial charge in [-0.05, 0) is 31.9 Å². The molecular weight excluding hydrogens is 435 g/mol. The van der Waals surface area contributed by atoms with Crippen LogP contribution in [0.3, 0.4) is 0 Å².